The van der Waals surface area contributed by atoms with Gasteiger partial charge in [0.1, 0.15) is 0 Å². The van der Waals surface area contributed by atoms with Crippen molar-refractivity contribution in [3.8, 4) is 23.7 Å². The van der Waals surface area contributed by atoms with E-state index in [0.29, 0.717) is 18.5 Å². The molecule has 144 valence electrons. The molecule has 2 rings (SSSR count). The number of nitrogens with zero attached hydrogens (tertiary/aromatic N) is 3. The molecule has 0 aliphatic heterocycles. The van der Waals surface area contributed by atoms with E-state index in [1.54, 1.807) is 29.2 Å². The Bertz CT molecular complexity index is 792. The minimum Gasteiger partial charge on any atom is -0.329 e. The molecule has 0 bridgehead atoms. The number of amides is 1. The van der Waals surface area contributed by atoms with E-state index in [9.17, 15) is 18.0 Å². The molecule has 1 aromatic carbocycles. The predicted octanol–water partition coefficient (Wildman–Crippen LogP) is 4.30. The number of halogens is 3. The van der Waals surface area contributed by atoms with Crippen molar-refractivity contribution in [2.45, 2.75) is 45.3 Å². The van der Waals surface area contributed by atoms with Crippen LogP contribution >= 0.6 is 0 Å². The summed E-state index contributed by atoms with van der Waals surface area (Å²) in [5.41, 5.74) is 1.19. The van der Waals surface area contributed by atoms with Gasteiger partial charge in [0.2, 0.25) is 11.7 Å². The summed E-state index contributed by atoms with van der Waals surface area (Å²) in [6.45, 7) is 2.59. The van der Waals surface area contributed by atoms with Crippen molar-refractivity contribution in [2.75, 3.05) is 6.54 Å². The number of hydrogen-bond donors (Lipinski definition) is 0. The molecule has 8 heteroatoms. The number of alkyl halides is 3. The van der Waals surface area contributed by atoms with Crippen LogP contribution in [-0.4, -0.2) is 27.5 Å². The summed E-state index contributed by atoms with van der Waals surface area (Å²) >= 11 is 0. The van der Waals surface area contributed by atoms with Crippen molar-refractivity contribution in [1.82, 2.24) is 15.0 Å². The lowest BCUT2D eigenvalue weighted by atomic mass is 10.1. The lowest BCUT2D eigenvalue weighted by Gasteiger charge is -2.20. The number of hydrogen-bond acceptors (Lipinski definition) is 4. The molecule has 0 atom stereocenters. The fourth-order valence-corrected chi connectivity index (χ4v) is 2.46. The van der Waals surface area contributed by atoms with Gasteiger partial charge >= 0.3 is 12.1 Å². The molecular formula is C19H20F3N3O2. The Morgan fingerprint density at radius 1 is 1.26 bits per heavy atom. The Kier molecular flexibility index (Phi) is 6.99. The molecule has 0 aliphatic rings. The SMILES string of the molecule is C#CCN(Cc1ccc(-c2noc(C(F)(F)F)n2)cc1)C(=O)CCCCC. The van der Waals surface area contributed by atoms with Gasteiger partial charge in [0.15, 0.2) is 0 Å². The van der Waals surface area contributed by atoms with Crippen LogP contribution in [0.3, 0.4) is 0 Å². The fourth-order valence-electron chi connectivity index (χ4n) is 2.46. The highest BCUT2D eigenvalue weighted by Gasteiger charge is 2.38. The van der Waals surface area contributed by atoms with E-state index in [4.69, 9.17) is 6.42 Å². The minimum atomic E-state index is -4.68. The van der Waals surface area contributed by atoms with Crippen LogP contribution in [0.5, 0.6) is 0 Å². The molecule has 0 saturated heterocycles. The quantitative estimate of drug-likeness (QED) is 0.507. The average Bonchev–Trinajstić information content (AvgIpc) is 3.12. The molecule has 1 amide bonds. The van der Waals surface area contributed by atoms with Gasteiger partial charge in [-0.2, -0.15) is 18.2 Å². The number of rotatable bonds is 8. The van der Waals surface area contributed by atoms with Gasteiger partial charge in [0.25, 0.3) is 0 Å². The zero-order valence-corrected chi connectivity index (χ0v) is 14.9. The summed E-state index contributed by atoms with van der Waals surface area (Å²) < 4.78 is 41.8. The first-order valence-electron chi connectivity index (χ1n) is 8.56. The molecule has 5 nitrogen and oxygen atoms in total. The van der Waals surface area contributed by atoms with Gasteiger partial charge in [-0.05, 0) is 12.0 Å². The first-order chi connectivity index (χ1) is 12.8. The Morgan fingerprint density at radius 2 is 1.96 bits per heavy atom. The Balaban J connectivity index is 2.05. The van der Waals surface area contributed by atoms with Gasteiger partial charge in [-0.3, -0.25) is 4.79 Å². The van der Waals surface area contributed by atoms with E-state index < -0.39 is 12.1 Å². The Labute approximate surface area is 155 Å². The second kappa shape index (κ2) is 9.21. The van der Waals surface area contributed by atoms with Crippen molar-refractivity contribution in [3.05, 3.63) is 35.7 Å². The van der Waals surface area contributed by atoms with Crippen LogP contribution in [0.15, 0.2) is 28.8 Å². The molecule has 0 saturated carbocycles. The molecule has 0 radical (unpaired) electrons. The third-order valence-electron chi connectivity index (χ3n) is 3.88. The number of unbranched alkanes of at least 4 members (excludes halogenated alkanes) is 2. The highest BCUT2D eigenvalue weighted by atomic mass is 19.4. The third-order valence-corrected chi connectivity index (χ3v) is 3.88. The van der Waals surface area contributed by atoms with Gasteiger partial charge in [0, 0.05) is 18.5 Å². The van der Waals surface area contributed by atoms with Crippen molar-refractivity contribution >= 4 is 5.91 Å². The first kappa shape index (κ1) is 20.5. The zero-order chi connectivity index (χ0) is 19.9. The molecule has 1 heterocycles. The highest BCUT2D eigenvalue weighted by molar-refractivity contribution is 5.76. The molecule has 0 spiro atoms. The zero-order valence-electron chi connectivity index (χ0n) is 14.9. The fraction of sp³-hybridized carbons (Fsp3) is 0.421. The maximum Gasteiger partial charge on any atom is 0.471 e. The van der Waals surface area contributed by atoms with Crippen LogP contribution in [0, 0.1) is 12.3 Å². The van der Waals surface area contributed by atoms with E-state index in [2.05, 4.69) is 27.5 Å². The second-order valence-corrected chi connectivity index (χ2v) is 6.03. The highest BCUT2D eigenvalue weighted by Crippen LogP contribution is 2.29. The van der Waals surface area contributed by atoms with Gasteiger partial charge in [0.05, 0.1) is 6.54 Å². The summed E-state index contributed by atoms with van der Waals surface area (Å²) in [6.07, 6.45) is 3.93. The van der Waals surface area contributed by atoms with Crippen LogP contribution in [0.4, 0.5) is 13.2 Å². The second-order valence-electron chi connectivity index (χ2n) is 6.03. The standard InChI is InChI=1S/C19H20F3N3O2/c1-3-5-6-7-16(26)25(12-4-2)13-14-8-10-15(11-9-14)17-23-18(27-24-17)19(20,21)22/h2,8-11H,3,5-7,12-13H2,1H3. The largest absolute Gasteiger partial charge is 0.471 e. The van der Waals surface area contributed by atoms with E-state index in [1.807, 2.05) is 0 Å². The molecule has 27 heavy (non-hydrogen) atoms. The number of terminal acetylenes is 1. The first-order valence-corrected chi connectivity index (χ1v) is 8.56. The van der Waals surface area contributed by atoms with Gasteiger partial charge in [-0.15, -0.1) is 6.42 Å². The molecule has 0 N–H and O–H groups in total. The number of carbonyl (C=O) groups is 1. The molecule has 1 aromatic heterocycles. The lowest BCUT2D eigenvalue weighted by Crippen LogP contribution is -2.30. The van der Waals surface area contributed by atoms with Crippen LogP contribution in [0.2, 0.25) is 0 Å². The van der Waals surface area contributed by atoms with E-state index in [-0.39, 0.29) is 18.3 Å². The molecule has 0 unspecified atom stereocenters. The van der Waals surface area contributed by atoms with Crippen LogP contribution in [-0.2, 0) is 17.5 Å². The van der Waals surface area contributed by atoms with Crippen LogP contribution in [0.1, 0.15) is 44.1 Å². The van der Waals surface area contributed by atoms with Crippen molar-refractivity contribution in [2.24, 2.45) is 0 Å². The Hall–Kier alpha value is -2.82. The van der Waals surface area contributed by atoms with E-state index in [0.717, 1.165) is 24.8 Å². The molecule has 0 aliphatic carbocycles. The monoisotopic (exact) mass is 379 g/mol. The van der Waals surface area contributed by atoms with Gasteiger partial charge in [-0.25, -0.2) is 0 Å². The van der Waals surface area contributed by atoms with E-state index in [1.165, 1.54) is 0 Å². The maximum absolute atomic E-state index is 12.5. The van der Waals surface area contributed by atoms with Gasteiger partial charge < -0.3 is 9.42 Å². The third kappa shape index (κ3) is 5.84. The number of carbonyl (C=O) groups excluding carboxylic acids is 1. The van der Waals surface area contributed by atoms with Gasteiger partial charge in [-0.1, -0.05) is 55.1 Å². The summed E-state index contributed by atoms with van der Waals surface area (Å²) in [7, 11) is 0. The summed E-state index contributed by atoms with van der Waals surface area (Å²) in [5.74, 6) is 0.927. The van der Waals surface area contributed by atoms with Crippen molar-refractivity contribution in [1.29, 1.82) is 0 Å². The molecule has 0 fully saturated rings. The number of benzene rings is 1. The molecule has 2 aromatic rings. The van der Waals surface area contributed by atoms with E-state index >= 15 is 0 Å². The average molecular weight is 379 g/mol. The number of aromatic nitrogens is 2. The smallest absolute Gasteiger partial charge is 0.329 e. The van der Waals surface area contributed by atoms with Crippen LogP contribution in [0.25, 0.3) is 11.4 Å². The summed E-state index contributed by atoms with van der Waals surface area (Å²) in [4.78, 5) is 17.2. The topological polar surface area (TPSA) is 59.2 Å². The normalized spacial score (nSPS) is 11.2. The molecular weight excluding hydrogens is 359 g/mol. The summed E-state index contributed by atoms with van der Waals surface area (Å²) in [6, 6.07) is 6.55. The van der Waals surface area contributed by atoms with Crippen LogP contribution < -0.4 is 0 Å². The summed E-state index contributed by atoms with van der Waals surface area (Å²) in [5, 5.41) is 3.35. The maximum atomic E-state index is 12.5. The predicted molar refractivity (Wildman–Crippen MR) is 93.1 cm³/mol. The minimum absolute atomic E-state index is 0.0153. The van der Waals surface area contributed by atoms with Crippen molar-refractivity contribution in [3.63, 3.8) is 0 Å². The lowest BCUT2D eigenvalue weighted by molar-refractivity contribution is -0.159. The van der Waals surface area contributed by atoms with Crippen molar-refractivity contribution < 1.29 is 22.5 Å². The Morgan fingerprint density at radius 3 is 2.52 bits per heavy atom.